The van der Waals surface area contributed by atoms with Crippen molar-refractivity contribution in [1.29, 1.82) is 0 Å². The van der Waals surface area contributed by atoms with E-state index in [1.165, 1.54) is 193 Å². The molecule has 0 amide bonds. The largest absolute Gasteiger partial charge is 0.462 e. The summed E-state index contributed by atoms with van der Waals surface area (Å²) in [5, 5.41) is 0. The normalized spacial score (nSPS) is 12.7. The average Bonchev–Trinajstić information content (AvgIpc) is 3.47. The molecule has 0 aliphatic carbocycles. The number of allylic oxidation sites excluding steroid dienone is 16. The van der Waals surface area contributed by atoms with E-state index in [2.05, 4.69) is 118 Å². The quantitative estimate of drug-likeness (QED) is 0.0261. The molecule has 6 heteroatoms. The van der Waals surface area contributed by atoms with Gasteiger partial charge in [0.1, 0.15) is 13.2 Å². The predicted octanol–water partition coefficient (Wildman–Crippen LogP) is 24.0. The zero-order valence-corrected chi connectivity index (χ0v) is 53.5. The van der Waals surface area contributed by atoms with E-state index in [0.29, 0.717) is 19.3 Å². The van der Waals surface area contributed by atoms with Gasteiger partial charge < -0.3 is 14.2 Å². The first-order valence-corrected chi connectivity index (χ1v) is 34.7. The topological polar surface area (TPSA) is 78.9 Å². The monoisotopic (exact) mass is 1130 g/mol. The highest BCUT2D eigenvalue weighted by molar-refractivity contribution is 5.71. The Morgan fingerprint density at radius 2 is 0.481 bits per heavy atom. The number of hydrogen-bond acceptors (Lipinski definition) is 6. The van der Waals surface area contributed by atoms with Crippen molar-refractivity contribution in [3.8, 4) is 0 Å². The van der Waals surface area contributed by atoms with Crippen LogP contribution in [0.1, 0.15) is 342 Å². The fourth-order valence-electron chi connectivity index (χ4n) is 9.85. The summed E-state index contributed by atoms with van der Waals surface area (Å²) in [5.74, 6) is -0.938. The summed E-state index contributed by atoms with van der Waals surface area (Å²) in [4.78, 5) is 38.4. The minimum Gasteiger partial charge on any atom is -0.462 e. The molecule has 0 aromatic rings. The Balaban J connectivity index is 4.34. The van der Waals surface area contributed by atoms with Crippen LogP contribution in [0.4, 0.5) is 0 Å². The Morgan fingerprint density at radius 1 is 0.259 bits per heavy atom. The van der Waals surface area contributed by atoms with Crippen LogP contribution in [0.5, 0.6) is 0 Å². The van der Waals surface area contributed by atoms with Crippen molar-refractivity contribution < 1.29 is 28.6 Å². The lowest BCUT2D eigenvalue weighted by Gasteiger charge is -2.18. The van der Waals surface area contributed by atoms with Gasteiger partial charge in [0.25, 0.3) is 0 Å². The van der Waals surface area contributed by atoms with E-state index < -0.39 is 6.10 Å². The van der Waals surface area contributed by atoms with Gasteiger partial charge in [0, 0.05) is 19.3 Å². The molecule has 0 bridgehead atoms. The molecule has 0 fully saturated rings. The lowest BCUT2D eigenvalue weighted by atomic mass is 10.0. The van der Waals surface area contributed by atoms with Crippen LogP contribution >= 0.6 is 0 Å². The first-order valence-electron chi connectivity index (χ1n) is 34.7. The number of esters is 3. The lowest BCUT2D eigenvalue weighted by molar-refractivity contribution is -0.167. The van der Waals surface area contributed by atoms with Crippen molar-refractivity contribution in [2.24, 2.45) is 0 Å². The second kappa shape index (κ2) is 68.8. The maximum atomic E-state index is 12.9. The van der Waals surface area contributed by atoms with Gasteiger partial charge in [-0.1, -0.05) is 298 Å². The highest BCUT2D eigenvalue weighted by atomic mass is 16.6. The van der Waals surface area contributed by atoms with E-state index in [1.54, 1.807) is 0 Å². The van der Waals surface area contributed by atoms with Gasteiger partial charge in [0.15, 0.2) is 6.10 Å². The van der Waals surface area contributed by atoms with E-state index >= 15 is 0 Å². The average molecular weight is 1130 g/mol. The van der Waals surface area contributed by atoms with E-state index in [-0.39, 0.29) is 31.1 Å². The van der Waals surface area contributed by atoms with E-state index in [0.717, 1.165) is 109 Å². The third-order valence-corrected chi connectivity index (χ3v) is 15.0. The minimum absolute atomic E-state index is 0.0948. The summed E-state index contributed by atoms with van der Waals surface area (Å²) in [6, 6.07) is 0. The van der Waals surface area contributed by atoms with Crippen molar-refractivity contribution in [2.75, 3.05) is 13.2 Å². The van der Waals surface area contributed by atoms with Crippen molar-refractivity contribution in [3.05, 3.63) is 97.2 Å². The smallest absolute Gasteiger partial charge is 0.306 e. The maximum absolute atomic E-state index is 12.9. The van der Waals surface area contributed by atoms with Crippen molar-refractivity contribution in [2.45, 2.75) is 348 Å². The van der Waals surface area contributed by atoms with Crippen LogP contribution in [0, 0.1) is 0 Å². The van der Waals surface area contributed by atoms with E-state index in [1.807, 2.05) is 0 Å². The molecule has 0 saturated carbocycles. The van der Waals surface area contributed by atoms with Gasteiger partial charge in [-0.05, 0) is 122 Å². The summed E-state index contributed by atoms with van der Waals surface area (Å²) in [6.07, 6.45) is 92.9. The summed E-state index contributed by atoms with van der Waals surface area (Å²) >= 11 is 0. The van der Waals surface area contributed by atoms with Crippen LogP contribution < -0.4 is 0 Å². The maximum Gasteiger partial charge on any atom is 0.306 e. The second-order valence-electron chi connectivity index (χ2n) is 23.1. The molecular weight excluding hydrogens is 997 g/mol. The zero-order valence-electron chi connectivity index (χ0n) is 53.5. The van der Waals surface area contributed by atoms with Gasteiger partial charge in [-0.15, -0.1) is 0 Å². The standard InChI is InChI=1S/C75H130O6/c1-4-7-10-13-16-19-22-25-28-30-32-34-35-36-37-38-39-41-42-44-47-50-53-56-59-62-65-68-74(77)80-71-72(70-79-73(76)67-64-61-58-55-52-49-46-27-24-21-18-15-12-9-6-3)81-75(78)69-66-63-60-57-54-51-48-45-43-40-33-31-29-26-23-20-17-14-11-8-5-2/h9,12,18,21,23,26-27,30-33,43,45-46,52,55,72H,4-8,10-11,13-17,19-20,22,24-25,28-29,34-42,44,47-51,53-54,56-71H2,1-3H3/b12-9-,21-18-,26-23-,32-30-,33-31-,45-43-,46-27-,55-52-. The molecule has 0 heterocycles. The molecule has 0 saturated heterocycles. The van der Waals surface area contributed by atoms with Crippen molar-refractivity contribution in [3.63, 3.8) is 0 Å². The first kappa shape index (κ1) is 77.3. The van der Waals surface area contributed by atoms with Gasteiger partial charge in [-0.2, -0.15) is 0 Å². The molecule has 0 N–H and O–H groups in total. The number of unbranched alkanes of at least 4 members (excludes halogenated alkanes) is 36. The predicted molar refractivity (Wildman–Crippen MR) is 353 cm³/mol. The summed E-state index contributed by atoms with van der Waals surface area (Å²) in [7, 11) is 0. The number of carbonyl (C=O) groups excluding carboxylic acids is 3. The Morgan fingerprint density at radius 3 is 0.790 bits per heavy atom. The summed E-state index contributed by atoms with van der Waals surface area (Å²) in [5.41, 5.74) is 0. The van der Waals surface area contributed by atoms with Gasteiger partial charge in [0.2, 0.25) is 0 Å². The third kappa shape index (κ3) is 67.0. The fourth-order valence-corrected chi connectivity index (χ4v) is 9.85. The number of ether oxygens (including phenoxy) is 3. The minimum atomic E-state index is -0.804. The lowest BCUT2D eigenvalue weighted by Crippen LogP contribution is -2.30. The molecule has 1 atom stereocenters. The van der Waals surface area contributed by atoms with Gasteiger partial charge in [0.05, 0.1) is 0 Å². The number of hydrogen-bond donors (Lipinski definition) is 0. The fraction of sp³-hybridized carbons (Fsp3) is 0.747. The van der Waals surface area contributed by atoms with Gasteiger partial charge in [-0.25, -0.2) is 0 Å². The molecule has 0 aliphatic rings. The Labute approximate surface area is 502 Å². The molecule has 0 aliphatic heterocycles. The molecule has 1 unspecified atom stereocenters. The van der Waals surface area contributed by atoms with Crippen LogP contribution in [0.25, 0.3) is 0 Å². The van der Waals surface area contributed by atoms with Gasteiger partial charge in [-0.3, -0.25) is 14.4 Å². The van der Waals surface area contributed by atoms with Crippen LogP contribution in [-0.4, -0.2) is 37.2 Å². The molecule has 466 valence electrons. The molecule has 6 nitrogen and oxygen atoms in total. The van der Waals surface area contributed by atoms with Crippen molar-refractivity contribution >= 4 is 17.9 Å². The van der Waals surface area contributed by atoms with Crippen LogP contribution in [0.3, 0.4) is 0 Å². The number of rotatable bonds is 63. The Bertz CT molecular complexity index is 1580. The Kier molecular flexibility index (Phi) is 65.7. The van der Waals surface area contributed by atoms with Crippen LogP contribution in [0.2, 0.25) is 0 Å². The molecule has 81 heavy (non-hydrogen) atoms. The Hall–Kier alpha value is -3.67. The highest BCUT2D eigenvalue weighted by Gasteiger charge is 2.19. The third-order valence-electron chi connectivity index (χ3n) is 15.0. The molecule has 0 aromatic heterocycles. The van der Waals surface area contributed by atoms with Gasteiger partial charge >= 0.3 is 17.9 Å². The summed E-state index contributed by atoms with van der Waals surface area (Å²) < 4.78 is 16.9. The summed E-state index contributed by atoms with van der Waals surface area (Å²) in [6.45, 7) is 6.50. The molecule has 0 spiro atoms. The van der Waals surface area contributed by atoms with Crippen molar-refractivity contribution in [1.82, 2.24) is 0 Å². The second-order valence-corrected chi connectivity index (χ2v) is 23.1. The molecule has 0 aromatic carbocycles. The first-order chi connectivity index (χ1) is 40.0. The molecule has 0 rings (SSSR count). The van der Waals surface area contributed by atoms with E-state index in [9.17, 15) is 14.4 Å². The van der Waals surface area contributed by atoms with Crippen LogP contribution in [0.15, 0.2) is 97.2 Å². The molecular formula is C75H130O6. The zero-order chi connectivity index (χ0) is 58.5. The highest BCUT2D eigenvalue weighted by Crippen LogP contribution is 2.17. The molecule has 0 radical (unpaired) electrons. The number of carbonyl (C=O) groups is 3. The SMILES string of the molecule is CC/C=C\C/C=C\C/C=C\C/C=C\CCCCC(=O)OCC(COC(=O)CCCCCCCCCCCCCCCCC/C=C\CCCCCCCCCC)OC(=O)CCCCCCCC/C=C\C/C=C\C/C=C\CCCCCCC. The van der Waals surface area contributed by atoms with E-state index in [4.69, 9.17) is 14.2 Å². The van der Waals surface area contributed by atoms with Crippen LogP contribution in [-0.2, 0) is 28.6 Å².